The number of pyridine rings is 1. The van der Waals surface area contributed by atoms with Crippen molar-refractivity contribution < 1.29 is 23.9 Å². The second-order valence-corrected chi connectivity index (χ2v) is 17.1. The zero-order valence-corrected chi connectivity index (χ0v) is 35.8. The number of thiophene rings is 1. The molecule has 0 bridgehead atoms. The molecular formula is C44H48ClN9O5S. The van der Waals surface area contributed by atoms with Gasteiger partial charge in [0.15, 0.2) is 5.82 Å². The highest BCUT2D eigenvalue weighted by Crippen LogP contribution is 2.42. The van der Waals surface area contributed by atoms with Gasteiger partial charge < -0.3 is 29.9 Å². The topological polar surface area (TPSA) is 156 Å². The van der Waals surface area contributed by atoms with Crippen LogP contribution >= 0.6 is 22.9 Å². The van der Waals surface area contributed by atoms with E-state index in [0.717, 1.165) is 61.4 Å². The molecule has 8 rings (SSSR count). The van der Waals surface area contributed by atoms with Crippen molar-refractivity contribution in [1.82, 2.24) is 30.0 Å². The highest BCUT2D eigenvalue weighted by Gasteiger charge is 2.40. The number of nitrogens with zero attached hydrogens (tertiary/aromatic N) is 7. The lowest BCUT2D eigenvalue weighted by molar-refractivity contribution is -0.132. The number of carbonyl (C=O) groups excluding carboxylic acids is 3. The van der Waals surface area contributed by atoms with Gasteiger partial charge in [-0.05, 0) is 80.8 Å². The van der Waals surface area contributed by atoms with Crippen LogP contribution < -0.4 is 15.5 Å². The fourth-order valence-electron chi connectivity index (χ4n) is 7.90. The molecule has 16 heteroatoms. The van der Waals surface area contributed by atoms with E-state index in [0.29, 0.717) is 82.8 Å². The SMILES string of the molecule is Cc1sc2c(c1C)C(c1ccc(Cl)cc1)=N[C@@](C)(CC(=O)NCCOCCOCCC(=O)N1CCN(c3ccc(-c4ccc5c(c4)CC(=O)N5)cn3)CC1)c1nnc(C)n1-2. The minimum absolute atomic E-state index is 0.0201. The van der Waals surface area contributed by atoms with E-state index in [1.54, 1.807) is 11.3 Å². The van der Waals surface area contributed by atoms with Gasteiger partial charge in [0.1, 0.15) is 22.2 Å². The summed E-state index contributed by atoms with van der Waals surface area (Å²) in [5.74, 6) is 2.12. The summed E-state index contributed by atoms with van der Waals surface area (Å²) < 4.78 is 13.5. The molecule has 60 heavy (non-hydrogen) atoms. The molecule has 5 aromatic rings. The summed E-state index contributed by atoms with van der Waals surface area (Å²) in [7, 11) is 0. The fraction of sp³-hybridized carbons (Fsp3) is 0.386. The van der Waals surface area contributed by atoms with Crippen LogP contribution in [0.2, 0.25) is 5.02 Å². The number of ether oxygens (including phenoxy) is 2. The molecule has 0 spiro atoms. The van der Waals surface area contributed by atoms with Crippen molar-refractivity contribution >= 4 is 57.9 Å². The molecule has 1 fully saturated rings. The van der Waals surface area contributed by atoms with Crippen molar-refractivity contribution in [3.63, 3.8) is 0 Å². The second kappa shape index (κ2) is 17.6. The van der Waals surface area contributed by atoms with Gasteiger partial charge in [-0.25, -0.2) is 4.98 Å². The number of aromatic nitrogens is 4. The van der Waals surface area contributed by atoms with Crippen LogP contribution in [0.4, 0.5) is 11.5 Å². The lowest BCUT2D eigenvalue weighted by Crippen LogP contribution is -2.49. The first-order valence-corrected chi connectivity index (χ1v) is 21.4. The Morgan fingerprint density at radius 2 is 1.65 bits per heavy atom. The average molecular weight is 850 g/mol. The smallest absolute Gasteiger partial charge is 0.228 e. The fourth-order valence-corrected chi connectivity index (χ4v) is 9.24. The Labute approximate surface area is 358 Å². The molecule has 1 atom stereocenters. The van der Waals surface area contributed by atoms with Gasteiger partial charge in [-0.2, -0.15) is 0 Å². The number of benzene rings is 2. The Morgan fingerprint density at radius 3 is 2.40 bits per heavy atom. The van der Waals surface area contributed by atoms with E-state index in [9.17, 15) is 14.4 Å². The lowest BCUT2D eigenvalue weighted by atomic mass is 9.95. The first-order valence-electron chi connectivity index (χ1n) is 20.2. The van der Waals surface area contributed by atoms with Gasteiger partial charge in [0.05, 0.1) is 51.4 Å². The zero-order chi connectivity index (χ0) is 42.0. The zero-order valence-electron chi connectivity index (χ0n) is 34.2. The molecule has 0 radical (unpaired) electrons. The number of rotatable bonds is 14. The molecular weight excluding hydrogens is 802 g/mol. The van der Waals surface area contributed by atoms with E-state index in [-0.39, 0.29) is 24.1 Å². The number of hydrogen-bond donors (Lipinski definition) is 2. The third-order valence-electron chi connectivity index (χ3n) is 11.3. The van der Waals surface area contributed by atoms with E-state index < -0.39 is 5.54 Å². The van der Waals surface area contributed by atoms with Gasteiger partial charge in [0.2, 0.25) is 17.7 Å². The molecule has 6 heterocycles. The number of fused-ring (bicyclic) bond motifs is 4. The molecule has 14 nitrogen and oxygen atoms in total. The summed E-state index contributed by atoms with van der Waals surface area (Å²) >= 11 is 7.92. The summed E-state index contributed by atoms with van der Waals surface area (Å²) in [5.41, 5.74) is 6.73. The molecule has 0 unspecified atom stereocenters. The number of carbonyl (C=O) groups is 3. The first-order chi connectivity index (χ1) is 29.0. The molecule has 3 aromatic heterocycles. The van der Waals surface area contributed by atoms with Crippen molar-refractivity contribution in [2.45, 2.75) is 52.5 Å². The second-order valence-electron chi connectivity index (χ2n) is 15.5. The predicted octanol–water partition coefficient (Wildman–Crippen LogP) is 5.81. The number of halogens is 1. The van der Waals surface area contributed by atoms with Crippen molar-refractivity contribution in [2.75, 3.05) is 69.4 Å². The molecule has 0 saturated carbocycles. The molecule has 3 aliphatic rings. The van der Waals surface area contributed by atoms with Crippen molar-refractivity contribution in [3.05, 3.63) is 105 Å². The molecule has 0 aliphatic carbocycles. The molecule has 2 N–H and O–H groups in total. The van der Waals surface area contributed by atoms with Crippen LogP contribution in [-0.2, 0) is 35.8 Å². The van der Waals surface area contributed by atoms with E-state index in [2.05, 4.69) is 39.6 Å². The Hall–Kier alpha value is -5.48. The summed E-state index contributed by atoms with van der Waals surface area (Å²) in [6, 6.07) is 17.7. The van der Waals surface area contributed by atoms with Gasteiger partial charge in [-0.1, -0.05) is 29.8 Å². The van der Waals surface area contributed by atoms with Crippen LogP contribution in [0.1, 0.15) is 58.5 Å². The summed E-state index contributed by atoms with van der Waals surface area (Å²) in [6.07, 6.45) is 2.62. The van der Waals surface area contributed by atoms with E-state index in [1.165, 1.54) is 4.88 Å². The number of aliphatic imine (C=N–C) groups is 1. The van der Waals surface area contributed by atoms with Crippen LogP contribution in [-0.4, -0.2) is 107 Å². The number of aryl methyl sites for hydroxylation is 2. The molecule has 3 aliphatic heterocycles. The van der Waals surface area contributed by atoms with Gasteiger partial charge in [0.25, 0.3) is 0 Å². The number of amides is 3. The van der Waals surface area contributed by atoms with Gasteiger partial charge in [0, 0.05) is 71.2 Å². The minimum atomic E-state index is -1.00. The van der Waals surface area contributed by atoms with Crippen LogP contribution in [0.15, 0.2) is 65.8 Å². The summed E-state index contributed by atoms with van der Waals surface area (Å²) in [6.45, 7) is 12.3. The highest BCUT2D eigenvalue weighted by molar-refractivity contribution is 7.15. The minimum Gasteiger partial charge on any atom is -0.379 e. The maximum absolute atomic E-state index is 13.4. The third kappa shape index (κ3) is 8.71. The quantitative estimate of drug-likeness (QED) is 0.132. The van der Waals surface area contributed by atoms with Crippen molar-refractivity contribution in [3.8, 4) is 16.1 Å². The molecule has 312 valence electrons. The van der Waals surface area contributed by atoms with E-state index in [1.807, 2.05) is 84.1 Å². The lowest BCUT2D eigenvalue weighted by Gasteiger charge is -2.35. The summed E-state index contributed by atoms with van der Waals surface area (Å²) in [5, 5.41) is 16.4. The summed E-state index contributed by atoms with van der Waals surface area (Å²) in [4.78, 5) is 53.3. The monoisotopic (exact) mass is 849 g/mol. The van der Waals surface area contributed by atoms with Crippen LogP contribution in [0.3, 0.4) is 0 Å². The average Bonchev–Trinajstić information content (AvgIpc) is 3.90. The predicted molar refractivity (Wildman–Crippen MR) is 233 cm³/mol. The first kappa shape index (κ1) is 41.3. The number of hydrogen-bond acceptors (Lipinski definition) is 11. The van der Waals surface area contributed by atoms with Crippen LogP contribution in [0, 0.1) is 20.8 Å². The van der Waals surface area contributed by atoms with E-state index in [4.69, 9.17) is 31.1 Å². The largest absolute Gasteiger partial charge is 0.379 e. The molecule has 1 saturated heterocycles. The van der Waals surface area contributed by atoms with Crippen LogP contribution in [0.25, 0.3) is 16.1 Å². The number of piperazine rings is 1. The molecule has 2 aromatic carbocycles. The normalized spacial score (nSPS) is 17.1. The van der Waals surface area contributed by atoms with Crippen LogP contribution in [0.5, 0.6) is 0 Å². The standard InChI is InChI=1S/C44H48ClN9O5S/c1-27-28(2)60-42-40(27)41(30-5-9-34(45)10-6-30)49-44(4,43-51-50-29(3)54(42)43)25-38(56)46-14-20-59-22-21-58-19-13-39(57)53-17-15-52(16-18-53)36-12-8-32(26-47-36)31-7-11-35-33(23-31)24-37(55)48-35/h5-12,23,26H,13-22,24-25H2,1-4H3,(H,46,56)(H,48,55)/t44-/m0/s1. The Morgan fingerprint density at radius 1 is 0.917 bits per heavy atom. The van der Waals surface area contributed by atoms with Crippen molar-refractivity contribution in [1.29, 1.82) is 0 Å². The maximum Gasteiger partial charge on any atom is 0.228 e. The van der Waals surface area contributed by atoms with Gasteiger partial charge >= 0.3 is 0 Å². The van der Waals surface area contributed by atoms with E-state index >= 15 is 0 Å². The number of anilines is 2. The van der Waals surface area contributed by atoms with Crippen molar-refractivity contribution in [2.24, 2.45) is 4.99 Å². The van der Waals surface area contributed by atoms with Gasteiger partial charge in [-0.15, -0.1) is 21.5 Å². The number of nitrogens with one attached hydrogen (secondary N) is 2. The molecule has 3 amide bonds. The third-order valence-corrected chi connectivity index (χ3v) is 12.7. The Kier molecular flexibility index (Phi) is 12.1. The Balaban J connectivity index is 0.746. The van der Waals surface area contributed by atoms with Gasteiger partial charge in [-0.3, -0.25) is 23.9 Å². The highest BCUT2D eigenvalue weighted by atomic mass is 35.5. The Bertz CT molecular complexity index is 2440. The maximum atomic E-state index is 13.4.